The second-order valence-corrected chi connectivity index (χ2v) is 11.3. The lowest BCUT2D eigenvalue weighted by Crippen LogP contribution is -2.73. The van der Waals surface area contributed by atoms with Gasteiger partial charge in [-0.05, 0) is 70.0 Å². The average molecular weight is 470 g/mol. The molecule has 5 aliphatic rings. The largest absolute Gasteiger partial charge is 0.508 e. The molecule has 2 aliphatic carbocycles. The second kappa shape index (κ2) is 7.35. The van der Waals surface area contributed by atoms with Gasteiger partial charge in [-0.15, -0.1) is 0 Å². The minimum atomic E-state index is -1.22. The summed E-state index contributed by atoms with van der Waals surface area (Å²) in [6, 6.07) is 3.37. The molecule has 34 heavy (non-hydrogen) atoms. The zero-order valence-electron chi connectivity index (χ0n) is 20.0. The standard InChI is InChI=1S/C26H35N3O5/c1-14(24(32)29-9-7-17(27)13-29)21(31)23-26-8-10-28(12-15-3-4-15)19(25(26,2)33)11-16-5-6-18(30)22(34-23)20(16)26/h5-6,15,17,19,23,30-31,33H,3-4,7-13,27H2,1-2H3/b21-14-/t17-,19+,23-,25+,26-/m0/s1. The number of phenolic OH excluding ortho intramolecular Hbond substituents is 1. The van der Waals surface area contributed by atoms with Crippen molar-refractivity contribution in [2.24, 2.45) is 11.7 Å². The fourth-order valence-electron chi connectivity index (χ4n) is 7.09. The molecule has 3 aliphatic heterocycles. The number of ether oxygens (including phenoxy) is 1. The van der Waals surface area contributed by atoms with Crippen LogP contribution in [0, 0.1) is 5.92 Å². The molecule has 184 valence electrons. The summed E-state index contributed by atoms with van der Waals surface area (Å²) in [6.45, 7) is 6.22. The van der Waals surface area contributed by atoms with E-state index in [0.29, 0.717) is 37.6 Å². The lowest BCUT2D eigenvalue weighted by Gasteiger charge is -2.59. The Hall–Kier alpha value is -2.29. The third-order valence-electron chi connectivity index (χ3n) is 9.21. The van der Waals surface area contributed by atoms with Crippen molar-refractivity contribution in [3.63, 3.8) is 0 Å². The quantitative estimate of drug-likeness (QED) is 0.390. The minimum absolute atomic E-state index is 0.00224. The molecule has 5 atom stereocenters. The molecule has 8 nitrogen and oxygen atoms in total. The van der Waals surface area contributed by atoms with Crippen LogP contribution in [0.3, 0.4) is 0 Å². The molecule has 1 spiro atoms. The third kappa shape index (κ3) is 2.91. The maximum absolute atomic E-state index is 13.2. The molecule has 3 heterocycles. The van der Waals surface area contributed by atoms with Crippen LogP contribution in [0.4, 0.5) is 0 Å². The van der Waals surface area contributed by atoms with E-state index in [1.165, 1.54) is 12.8 Å². The van der Waals surface area contributed by atoms with E-state index in [2.05, 4.69) is 4.90 Å². The van der Waals surface area contributed by atoms with Crippen LogP contribution in [0.15, 0.2) is 23.5 Å². The number of likely N-dealkylation sites (tertiary alicyclic amines) is 2. The Labute approximate surface area is 200 Å². The van der Waals surface area contributed by atoms with Gasteiger partial charge in [0.25, 0.3) is 5.91 Å². The molecule has 0 radical (unpaired) electrons. The normalized spacial score (nSPS) is 37.3. The van der Waals surface area contributed by atoms with Crippen molar-refractivity contribution in [1.29, 1.82) is 0 Å². The number of fused-ring (bicyclic) bond motifs is 1. The highest BCUT2D eigenvalue weighted by atomic mass is 16.5. The maximum Gasteiger partial charge on any atom is 0.253 e. The number of nitrogens with zero attached hydrogens (tertiary/aromatic N) is 2. The maximum atomic E-state index is 13.2. The van der Waals surface area contributed by atoms with Crippen molar-refractivity contribution in [2.75, 3.05) is 26.2 Å². The van der Waals surface area contributed by atoms with E-state index < -0.39 is 17.1 Å². The molecule has 1 amide bonds. The number of phenols is 1. The Balaban J connectivity index is 1.45. The molecular formula is C26H35N3O5. The summed E-state index contributed by atoms with van der Waals surface area (Å²) in [4.78, 5) is 17.3. The Bertz CT molecular complexity index is 1080. The van der Waals surface area contributed by atoms with Crippen LogP contribution in [-0.2, 0) is 16.6 Å². The van der Waals surface area contributed by atoms with E-state index in [-0.39, 0.29) is 35.1 Å². The zero-order chi connectivity index (χ0) is 24.0. The molecule has 8 heteroatoms. The molecule has 1 saturated carbocycles. The van der Waals surface area contributed by atoms with E-state index in [9.17, 15) is 20.1 Å². The molecular weight excluding hydrogens is 434 g/mol. The van der Waals surface area contributed by atoms with Gasteiger partial charge in [0.05, 0.1) is 16.6 Å². The molecule has 1 aromatic rings. The summed E-state index contributed by atoms with van der Waals surface area (Å²) >= 11 is 0. The molecule has 1 aromatic carbocycles. The molecule has 0 unspecified atom stereocenters. The SMILES string of the molecule is C/C(C(=O)N1CC[C@H](N)C1)=C(/O)[C@@H]1Oc2c(O)ccc3c2[C@@]12CCN(CC1CC1)[C@H](C3)[C@@]2(C)O. The number of hydrogen-bond acceptors (Lipinski definition) is 7. The van der Waals surface area contributed by atoms with Gasteiger partial charge in [-0.25, -0.2) is 0 Å². The molecule has 2 bridgehead atoms. The van der Waals surface area contributed by atoms with E-state index in [0.717, 1.165) is 30.6 Å². The number of amides is 1. The summed E-state index contributed by atoms with van der Waals surface area (Å²) in [6.07, 6.45) is 3.49. The number of nitrogens with two attached hydrogens (primary N) is 1. The van der Waals surface area contributed by atoms with E-state index in [1.54, 1.807) is 17.9 Å². The van der Waals surface area contributed by atoms with Crippen LogP contribution in [-0.4, -0.2) is 81.0 Å². The summed E-state index contributed by atoms with van der Waals surface area (Å²) in [5.74, 6) is 0.592. The first kappa shape index (κ1) is 22.2. The number of hydrogen-bond donors (Lipinski definition) is 4. The molecule has 0 aromatic heterocycles. The van der Waals surface area contributed by atoms with Crippen molar-refractivity contribution in [1.82, 2.24) is 9.80 Å². The lowest BCUT2D eigenvalue weighted by atomic mass is 9.53. The van der Waals surface area contributed by atoms with Crippen molar-refractivity contribution in [3.8, 4) is 11.5 Å². The Kier molecular flexibility index (Phi) is 4.80. The van der Waals surface area contributed by atoms with E-state index in [1.807, 2.05) is 13.0 Å². The Morgan fingerprint density at radius 2 is 2.03 bits per heavy atom. The summed E-state index contributed by atoms with van der Waals surface area (Å²) in [5, 5.41) is 34.4. The monoisotopic (exact) mass is 469 g/mol. The zero-order valence-corrected chi connectivity index (χ0v) is 20.0. The smallest absolute Gasteiger partial charge is 0.253 e. The first-order valence-corrected chi connectivity index (χ1v) is 12.6. The van der Waals surface area contributed by atoms with Crippen molar-refractivity contribution < 1.29 is 24.9 Å². The predicted molar refractivity (Wildman–Crippen MR) is 126 cm³/mol. The highest BCUT2D eigenvalue weighted by molar-refractivity contribution is 5.93. The van der Waals surface area contributed by atoms with Gasteiger partial charge >= 0.3 is 0 Å². The molecule has 5 N–H and O–H groups in total. The van der Waals surface area contributed by atoms with Gasteiger partial charge in [0.15, 0.2) is 17.6 Å². The highest BCUT2D eigenvalue weighted by Gasteiger charge is 2.69. The number of piperidine rings is 1. The van der Waals surface area contributed by atoms with Crippen LogP contribution in [0.5, 0.6) is 11.5 Å². The van der Waals surface area contributed by atoms with Gasteiger partial charge in [-0.3, -0.25) is 9.69 Å². The number of aliphatic hydroxyl groups is 2. The van der Waals surface area contributed by atoms with Gasteiger partial charge in [-0.2, -0.15) is 0 Å². The fourth-order valence-corrected chi connectivity index (χ4v) is 7.09. The van der Waals surface area contributed by atoms with Crippen LogP contribution in [0.2, 0.25) is 0 Å². The molecule has 6 rings (SSSR count). The summed E-state index contributed by atoms with van der Waals surface area (Å²) in [5.41, 5.74) is 5.86. The lowest BCUT2D eigenvalue weighted by molar-refractivity contribution is -0.153. The Morgan fingerprint density at radius 1 is 1.26 bits per heavy atom. The predicted octanol–water partition coefficient (Wildman–Crippen LogP) is 1.57. The topological polar surface area (TPSA) is 119 Å². The van der Waals surface area contributed by atoms with Gasteiger partial charge in [0.1, 0.15) is 5.76 Å². The first-order chi connectivity index (χ1) is 16.1. The minimum Gasteiger partial charge on any atom is -0.508 e. The number of carbonyl (C=O) groups excluding carboxylic acids is 1. The molecule has 2 saturated heterocycles. The van der Waals surface area contributed by atoms with Crippen LogP contribution < -0.4 is 10.5 Å². The van der Waals surface area contributed by atoms with Crippen molar-refractivity contribution in [3.05, 3.63) is 34.6 Å². The first-order valence-electron chi connectivity index (χ1n) is 12.6. The third-order valence-corrected chi connectivity index (χ3v) is 9.21. The average Bonchev–Trinajstić information content (AvgIpc) is 3.38. The highest BCUT2D eigenvalue weighted by Crippen LogP contribution is 2.63. The fraction of sp³-hybridized carbons (Fsp3) is 0.654. The van der Waals surface area contributed by atoms with Gasteiger partial charge in [0, 0.05) is 37.3 Å². The van der Waals surface area contributed by atoms with Crippen LogP contribution in [0.1, 0.15) is 50.7 Å². The molecule has 3 fully saturated rings. The van der Waals surface area contributed by atoms with Crippen molar-refractivity contribution >= 4 is 5.91 Å². The van der Waals surface area contributed by atoms with Crippen LogP contribution >= 0.6 is 0 Å². The number of aromatic hydroxyl groups is 1. The summed E-state index contributed by atoms with van der Waals surface area (Å²) < 4.78 is 6.29. The second-order valence-electron chi connectivity index (χ2n) is 11.3. The van der Waals surface area contributed by atoms with Gasteiger partial charge in [-0.1, -0.05) is 6.07 Å². The number of benzene rings is 1. The van der Waals surface area contributed by atoms with Crippen LogP contribution in [0.25, 0.3) is 0 Å². The number of rotatable bonds is 4. The van der Waals surface area contributed by atoms with Crippen molar-refractivity contribution in [2.45, 2.75) is 75.2 Å². The van der Waals surface area contributed by atoms with E-state index in [4.69, 9.17) is 10.5 Å². The number of aliphatic hydroxyl groups excluding tert-OH is 1. The summed E-state index contributed by atoms with van der Waals surface area (Å²) in [7, 11) is 0. The van der Waals surface area contributed by atoms with Gasteiger partial charge < -0.3 is 30.7 Å². The number of carbonyl (C=O) groups is 1. The van der Waals surface area contributed by atoms with E-state index >= 15 is 0 Å². The Morgan fingerprint density at radius 3 is 2.71 bits per heavy atom. The van der Waals surface area contributed by atoms with Gasteiger partial charge in [0.2, 0.25) is 0 Å².